The SMILES string of the molecule is COc1ccc(CCNC(=O)c2sc3c([N+](=O)[O-])cc(C(F)(F)F)cc3[n+]2[O-])cc1OC. The number of carbonyl (C=O) groups is 1. The summed E-state index contributed by atoms with van der Waals surface area (Å²) in [5.74, 6) is 0.160. The summed E-state index contributed by atoms with van der Waals surface area (Å²) < 4.78 is 49.2. The molecule has 0 spiro atoms. The summed E-state index contributed by atoms with van der Waals surface area (Å²) in [6.07, 6.45) is -4.54. The summed E-state index contributed by atoms with van der Waals surface area (Å²) >= 11 is 0.456. The zero-order chi connectivity index (χ0) is 23.6. The molecule has 1 heterocycles. The number of carbonyl (C=O) groups excluding carboxylic acids is 1. The molecule has 0 saturated carbocycles. The number of benzene rings is 2. The molecule has 3 rings (SSSR count). The molecule has 170 valence electrons. The van der Waals surface area contributed by atoms with Gasteiger partial charge in [-0.05, 0) is 35.5 Å². The maximum Gasteiger partial charge on any atom is 0.416 e. The van der Waals surface area contributed by atoms with Gasteiger partial charge < -0.3 is 20.0 Å². The fourth-order valence-electron chi connectivity index (χ4n) is 2.97. The van der Waals surface area contributed by atoms with Crippen LogP contribution in [-0.4, -0.2) is 31.6 Å². The first-order chi connectivity index (χ1) is 15.1. The number of methoxy groups -OCH3 is 2. The lowest BCUT2D eigenvalue weighted by atomic mass is 10.1. The molecule has 3 aromatic rings. The standard InChI is InChI=1S/C19H16F3N3O6S/c1-30-14-4-3-10(7-15(14)31-2)5-6-23-17(26)18-24(27)12-8-11(19(20,21)22)9-13(25(28)29)16(12)32-18/h3-4,7-9H,5-6H2,1-2H3,(H,23,26). The number of nitro groups is 1. The summed E-state index contributed by atoms with van der Waals surface area (Å²) in [6.45, 7) is 0.0957. The highest BCUT2D eigenvalue weighted by molar-refractivity contribution is 7.20. The van der Waals surface area contributed by atoms with Crippen LogP contribution in [0.15, 0.2) is 30.3 Å². The predicted octanol–water partition coefficient (Wildman–Crippen LogP) is 3.45. The van der Waals surface area contributed by atoms with Gasteiger partial charge in [0.25, 0.3) is 5.69 Å². The molecular weight excluding hydrogens is 455 g/mol. The van der Waals surface area contributed by atoms with E-state index in [4.69, 9.17) is 9.47 Å². The lowest BCUT2D eigenvalue weighted by molar-refractivity contribution is -0.574. The first kappa shape index (κ1) is 23.1. The lowest BCUT2D eigenvalue weighted by Gasteiger charge is -2.09. The molecule has 0 atom stereocenters. The van der Waals surface area contributed by atoms with Gasteiger partial charge in [-0.3, -0.25) is 14.9 Å². The van der Waals surface area contributed by atoms with Crippen LogP contribution in [0.1, 0.15) is 20.9 Å². The van der Waals surface area contributed by atoms with Gasteiger partial charge in [0.1, 0.15) is 0 Å². The van der Waals surface area contributed by atoms with Gasteiger partial charge in [-0.25, -0.2) is 0 Å². The van der Waals surface area contributed by atoms with Crippen molar-refractivity contribution in [3.63, 3.8) is 0 Å². The minimum Gasteiger partial charge on any atom is -0.617 e. The van der Waals surface area contributed by atoms with Gasteiger partial charge in [0, 0.05) is 18.7 Å². The molecule has 0 aliphatic carbocycles. The average Bonchev–Trinajstić information content (AvgIpc) is 3.08. The Morgan fingerprint density at radius 2 is 1.88 bits per heavy atom. The molecule has 1 aromatic heterocycles. The first-order valence-corrected chi connectivity index (χ1v) is 9.79. The van der Waals surface area contributed by atoms with Crippen molar-refractivity contribution in [3.05, 3.63) is 61.8 Å². The molecule has 0 saturated heterocycles. The van der Waals surface area contributed by atoms with E-state index in [0.29, 0.717) is 41.4 Å². The summed E-state index contributed by atoms with van der Waals surface area (Å²) in [6, 6.07) is 5.98. The van der Waals surface area contributed by atoms with Crippen LogP contribution in [0, 0.1) is 15.3 Å². The maximum atomic E-state index is 13.1. The smallest absolute Gasteiger partial charge is 0.416 e. The number of thiazole rings is 1. The van der Waals surface area contributed by atoms with Crippen molar-refractivity contribution >= 4 is 33.1 Å². The highest BCUT2D eigenvalue weighted by Gasteiger charge is 2.37. The topological polar surface area (TPSA) is 118 Å². The number of hydrogen-bond donors (Lipinski definition) is 1. The summed E-state index contributed by atoms with van der Waals surface area (Å²) in [4.78, 5) is 22.7. The van der Waals surface area contributed by atoms with Crippen LogP contribution in [0.25, 0.3) is 10.2 Å². The monoisotopic (exact) mass is 471 g/mol. The Morgan fingerprint density at radius 3 is 2.47 bits per heavy atom. The number of ether oxygens (including phenoxy) is 2. The molecule has 13 heteroatoms. The number of amides is 1. The molecule has 1 amide bonds. The Labute approximate surface area is 182 Å². The van der Waals surface area contributed by atoms with Crippen molar-refractivity contribution in [1.29, 1.82) is 0 Å². The van der Waals surface area contributed by atoms with E-state index in [-0.39, 0.29) is 16.0 Å². The molecule has 0 aliphatic heterocycles. The van der Waals surface area contributed by atoms with E-state index < -0.39 is 38.8 Å². The van der Waals surface area contributed by atoms with E-state index in [9.17, 15) is 33.3 Å². The van der Waals surface area contributed by atoms with Crippen molar-refractivity contribution < 1.29 is 37.1 Å². The quantitative estimate of drug-likeness (QED) is 0.244. The summed E-state index contributed by atoms with van der Waals surface area (Å²) in [7, 11) is 2.96. The molecule has 2 aromatic carbocycles. The number of fused-ring (bicyclic) bond motifs is 1. The predicted molar refractivity (Wildman–Crippen MR) is 108 cm³/mol. The van der Waals surface area contributed by atoms with Crippen LogP contribution >= 0.6 is 11.3 Å². The van der Waals surface area contributed by atoms with Gasteiger partial charge in [0.05, 0.1) is 24.7 Å². The third kappa shape index (κ3) is 4.51. The van der Waals surface area contributed by atoms with Crippen molar-refractivity contribution in [2.24, 2.45) is 0 Å². The number of nitro benzene ring substituents is 1. The number of rotatable bonds is 7. The molecule has 32 heavy (non-hydrogen) atoms. The summed E-state index contributed by atoms with van der Waals surface area (Å²) in [5, 5.41) is 25.7. The highest BCUT2D eigenvalue weighted by Crippen LogP contribution is 2.37. The van der Waals surface area contributed by atoms with Crippen molar-refractivity contribution in [3.8, 4) is 11.5 Å². The van der Waals surface area contributed by atoms with Gasteiger partial charge in [-0.2, -0.15) is 13.2 Å². The van der Waals surface area contributed by atoms with Crippen molar-refractivity contribution in [2.75, 3.05) is 20.8 Å². The fourth-order valence-corrected chi connectivity index (χ4v) is 4.00. The highest BCUT2D eigenvalue weighted by atomic mass is 32.1. The van der Waals surface area contributed by atoms with Crippen molar-refractivity contribution in [1.82, 2.24) is 5.32 Å². The van der Waals surface area contributed by atoms with E-state index >= 15 is 0 Å². The van der Waals surface area contributed by atoms with Gasteiger partial charge >= 0.3 is 17.1 Å². The Morgan fingerprint density at radius 1 is 1.19 bits per heavy atom. The second-order valence-corrected chi connectivity index (χ2v) is 7.49. The zero-order valence-corrected chi connectivity index (χ0v) is 17.5. The van der Waals surface area contributed by atoms with E-state index in [1.54, 1.807) is 18.2 Å². The van der Waals surface area contributed by atoms with Crippen LogP contribution in [0.5, 0.6) is 11.5 Å². The number of nitrogens with one attached hydrogen (secondary N) is 1. The number of nitrogens with zero attached hydrogens (tertiary/aromatic N) is 2. The van der Waals surface area contributed by atoms with Gasteiger partial charge in [0.2, 0.25) is 5.52 Å². The van der Waals surface area contributed by atoms with E-state index in [2.05, 4.69) is 5.32 Å². The number of halogens is 3. The van der Waals surface area contributed by atoms with Crippen LogP contribution in [0.4, 0.5) is 18.9 Å². The zero-order valence-electron chi connectivity index (χ0n) is 16.7. The van der Waals surface area contributed by atoms with Crippen LogP contribution in [0.2, 0.25) is 0 Å². The minimum absolute atomic E-state index is 0.0199. The lowest BCUT2D eigenvalue weighted by Crippen LogP contribution is -2.37. The molecule has 0 fully saturated rings. The first-order valence-electron chi connectivity index (χ1n) is 8.97. The van der Waals surface area contributed by atoms with Crippen LogP contribution in [0.3, 0.4) is 0 Å². The second kappa shape index (κ2) is 8.86. The Hall–Kier alpha value is -3.61. The number of hydrogen-bond acceptors (Lipinski definition) is 7. The third-order valence-electron chi connectivity index (χ3n) is 4.52. The third-order valence-corrected chi connectivity index (χ3v) is 5.68. The normalized spacial score (nSPS) is 11.4. The van der Waals surface area contributed by atoms with E-state index in [1.807, 2.05) is 0 Å². The molecule has 9 nitrogen and oxygen atoms in total. The Bertz CT molecular complexity index is 1200. The number of non-ortho nitro benzene ring substituents is 1. The molecule has 0 unspecified atom stereocenters. The molecule has 0 radical (unpaired) electrons. The fraction of sp³-hybridized carbons (Fsp3) is 0.263. The molecule has 1 N–H and O–H groups in total. The van der Waals surface area contributed by atoms with Gasteiger partial charge in [-0.15, -0.1) is 4.73 Å². The molecule has 0 bridgehead atoms. The summed E-state index contributed by atoms with van der Waals surface area (Å²) in [5.41, 5.74) is -2.05. The Kier molecular flexibility index (Phi) is 6.39. The average molecular weight is 471 g/mol. The second-order valence-electron chi connectivity index (χ2n) is 6.50. The number of alkyl halides is 3. The van der Waals surface area contributed by atoms with E-state index in [0.717, 1.165) is 5.56 Å². The minimum atomic E-state index is -4.89. The number of aromatic nitrogens is 1. The van der Waals surface area contributed by atoms with E-state index in [1.165, 1.54) is 14.2 Å². The van der Waals surface area contributed by atoms with Crippen LogP contribution < -0.4 is 19.5 Å². The van der Waals surface area contributed by atoms with Crippen molar-refractivity contribution in [2.45, 2.75) is 12.6 Å². The van der Waals surface area contributed by atoms with Gasteiger partial charge in [-0.1, -0.05) is 6.07 Å². The maximum absolute atomic E-state index is 13.1. The van der Waals surface area contributed by atoms with Gasteiger partial charge in [0.15, 0.2) is 16.2 Å². The molecular formula is C19H16F3N3O6S. The van der Waals surface area contributed by atoms with Crippen LogP contribution in [-0.2, 0) is 12.6 Å². The largest absolute Gasteiger partial charge is 0.617 e. The Balaban J connectivity index is 1.83. The molecule has 0 aliphatic rings.